The summed E-state index contributed by atoms with van der Waals surface area (Å²) in [7, 11) is 1.25. The van der Waals surface area contributed by atoms with Crippen LogP contribution in [0.2, 0.25) is 0 Å². The van der Waals surface area contributed by atoms with Gasteiger partial charge in [0, 0.05) is 5.56 Å². The Labute approximate surface area is 98.3 Å². The van der Waals surface area contributed by atoms with Crippen molar-refractivity contribution in [3.8, 4) is 0 Å². The van der Waals surface area contributed by atoms with Crippen LogP contribution in [0.4, 0.5) is 4.79 Å². The van der Waals surface area contributed by atoms with Gasteiger partial charge in [0.1, 0.15) is 6.10 Å². The Hall–Kier alpha value is -2.30. The van der Waals surface area contributed by atoms with Crippen molar-refractivity contribution in [2.24, 2.45) is 0 Å². The smallest absolute Gasteiger partial charge is 0.465 e. The SMILES string of the molecule is C=CC(OC(=O)O)c1ccccc1C(=O)OC. The Morgan fingerprint density at radius 2 is 2.06 bits per heavy atom. The molecule has 1 aromatic carbocycles. The van der Waals surface area contributed by atoms with Gasteiger partial charge in [-0.05, 0) is 12.1 Å². The van der Waals surface area contributed by atoms with Gasteiger partial charge in [-0.1, -0.05) is 24.8 Å². The number of carboxylic acid groups (broad SMARTS) is 1. The average molecular weight is 236 g/mol. The molecule has 1 unspecified atom stereocenters. The summed E-state index contributed by atoms with van der Waals surface area (Å²) in [6.45, 7) is 3.48. The molecule has 5 heteroatoms. The van der Waals surface area contributed by atoms with Crippen LogP contribution in [0.15, 0.2) is 36.9 Å². The first kappa shape index (κ1) is 12.8. The van der Waals surface area contributed by atoms with E-state index < -0.39 is 18.2 Å². The molecule has 0 spiro atoms. The minimum Gasteiger partial charge on any atom is -0.465 e. The summed E-state index contributed by atoms with van der Waals surface area (Å²) in [5, 5.41) is 8.58. The predicted octanol–water partition coefficient (Wildman–Crippen LogP) is 2.39. The van der Waals surface area contributed by atoms with Crippen molar-refractivity contribution < 1.29 is 24.2 Å². The molecule has 17 heavy (non-hydrogen) atoms. The second-order valence-electron chi connectivity index (χ2n) is 3.12. The summed E-state index contributed by atoms with van der Waals surface area (Å²) >= 11 is 0. The van der Waals surface area contributed by atoms with Crippen molar-refractivity contribution in [1.29, 1.82) is 0 Å². The van der Waals surface area contributed by atoms with Crippen LogP contribution < -0.4 is 0 Å². The largest absolute Gasteiger partial charge is 0.506 e. The zero-order valence-electron chi connectivity index (χ0n) is 9.25. The van der Waals surface area contributed by atoms with Crippen LogP contribution in [0.3, 0.4) is 0 Å². The Morgan fingerprint density at radius 3 is 2.59 bits per heavy atom. The van der Waals surface area contributed by atoms with Gasteiger partial charge in [-0.3, -0.25) is 0 Å². The minimum absolute atomic E-state index is 0.251. The molecule has 90 valence electrons. The number of rotatable bonds is 4. The average Bonchev–Trinajstić information content (AvgIpc) is 2.34. The number of benzene rings is 1. The highest BCUT2D eigenvalue weighted by molar-refractivity contribution is 5.91. The van der Waals surface area contributed by atoms with Gasteiger partial charge in [0.15, 0.2) is 0 Å². The monoisotopic (exact) mass is 236 g/mol. The summed E-state index contributed by atoms with van der Waals surface area (Å²) in [5.74, 6) is -0.554. The molecule has 0 fully saturated rings. The number of esters is 1. The van der Waals surface area contributed by atoms with E-state index in [0.29, 0.717) is 5.56 Å². The molecule has 0 saturated carbocycles. The van der Waals surface area contributed by atoms with Crippen LogP contribution in [0.1, 0.15) is 22.0 Å². The lowest BCUT2D eigenvalue weighted by Gasteiger charge is -2.14. The maximum absolute atomic E-state index is 11.5. The van der Waals surface area contributed by atoms with E-state index in [1.807, 2.05) is 0 Å². The Bertz CT molecular complexity index is 438. The van der Waals surface area contributed by atoms with E-state index in [2.05, 4.69) is 16.1 Å². The van der Waals surface area contributed by atoms with Gasteiger partial charge in [-0.2, -0.15) is 0 Å². The third kappa shape index (κ3) is 3.07. The summed E-state index contributed by atoms with van der Waals surface area (Å²) in [6, 6.07) is 6.44. The predicted molar refractivity (Wildman–Crippen MR) is 59.8 cm³/mol. The van der Waals surface area contributed by atoms with Crippen molar-refractivity contribution in [1.82, 2.24) is 0 Å². The van der Waals surface area contributed by atoms with E-state index >= 15 is 0 Å². The van der Waals surface area contributed by atoms with Crippen molar-refractivity contribution in [2.75, 3.05) is 7.11 Å². The van der Waals surface area contributed by atoms with Gasteiger partial charge in [0.25, 0.3) is 0 Å². The van der Waals surface area contributed by atoms with Crippen LogP contribution in [-0.2, 0) is 9.47 Å². The third-order valence-corrected chi connectivity index (χ3v) is 2.11. The second kappa shape index (κ2) is 5.69. The molecule has 0 amide bonds. The molecule has 0 aliphatic carbocycles. The summed E-state index contributed by atoms with van der Waals surface area (Å²) < 4.78 is 9.21. The summed E-state index contributed by atoms with van der Waals surface area (Å²) in [4.78, 5) is 22.0. The van der Waals surface area contributed by atoms with E-state index in [-0.39, 0.29) is 5.56 Å². The fraction of sp³-hybridized carbons (Fsp3) is 0.167. The highest BCUT2D eigenvalue weighted by Gasteiger charge is 2.19. The molecule has 1 rings (SSSR count). The van der Waals surface area contributed by atoms with Crippen molar-refractivity contribution >= 4 is 12.1 Å². The topological polar surface area (TPSA) is 72.8 Å². The van der Waals surface area contributed by atoms with Gasteiger partial charge < -0.3 is 14.6 Å². The Kier molecular flexibility index (Phi) is 4.28. The van der Waals surface area contributed by atoms with Crippen LogP contribution in [0, 0.1) is 0 Å². The van der Waals surface area contributed by atoms with Crippen molar-refractivity contribution in [3.05, 3.63) is 48.0 Å². The van der Waals surface area contributed by atoms with E-state index in [4.69, 9.17) is 5.11 Å². The van der Waals surface area contributed by atoms with Crippen LogP contribution in [0.25, 0.3) is 0 Å². The molecule has 0 aliphatic heterocycles. The van der Waals surface area contributed by atoms with Crippen LogP contribution in [-0.4, -0.2) is 24.3 Å². The molecular formula is C12H12O5. The number of ether oxygens (including phenoxy) is 2. The molecule has 0 aliphatic rings. The molecule has 1 N–H and O–H groups in total. The van der Waals surface area contributed by atoms with E-state index in [1.165, 1.54) is 19.3 Å². The third-order valence-electron chi connectivity index (χ3n) is 2.11. The molecule has 1 aromatic rings. The maximum Gasteiger partial charge on any atom is 0.506 e. The number of methoxy groups -OCH3 is 1. The molecular weight excluding hydrogens is 224 g/mol. The van der Waals surface area contributed by atoms with Gasteiger partial charge in [0.2, 0.25) is 0 Å². The first-order valence-corrected chi connectivity index (χ1v) is 4.79. The fourth-order valence-corrected chi connectivity index (χ4v) is 1.39. The molecule has 0 saturated heterocycles. The molecule has 0 bridgehead atoms. The summed E-state index contributed by atoms with van der Waals surface area (Å²) in [6.07, 6.45) is -1.03. The highest BCUT2D eigenvalue weighted by Crippen LogP contribution is 2.23. The summed E-state index contributed by atoms with van der Waals surface area (Å²) in [5.41, 5.74) is 0.651. The molecule has 0 heterocycles. The fourth-order valence-electron chi connectivity index (χ4n) is 1.39. The molecule has 0 aromatic heterocycles. The normalized spacial score (nSPS) is 11.4. The number of carbonyl (C=O) groups is 2. The highest BCUT2D eigenvalue weighted by atomic mass is 16.7. The molecule has 0 radical (unpaired) electrons. The standard InChI is InChI=1S/C12H12O5/c1-3-10(17-12(14)15)8-6-4-5-7-9(8)11(13)16-2/h3-7,10H,1H2,2H3,(H,14,15). The zero-order valence-corrected chi connectivity index (χ0v) is 9.25. The first-order valence-electron chi connectivity index (χ1n) is 4.79. The van der Waals surface area contributed by atoms with Crippen molar-refractivity contribution in [3.63, 3.8) is 0 Å². The lowest BCUT2D eigenvalue weighted by atomic mass is 10.0. The number of hydrogen-bond acceptors (Lipinski definition) is 4. The lowest BCUT2D eigenvalue weighted by molar-refractivity contribution is 0.0567. The van der Waals surface area contributed by atoms with Gasteiger partial charge in [-0.15, -0.1) is 0 Å². The number of hydrogen-bond donors (Lipinski definition) is 1. The van der Waals surface area contributed by atoms with Crippen LogP contribution >= 0.6 is 0 Å². The Morgan fingerprint density at radius 1 is 1.41 bits per heavy atom. The molecule has 1 atom stereocenters. The zero-order chi connectivity index (χ0) is 12.8. The van der Waals surface area contributed by atoms with Gasteiger partial charge >= 0.3 is 12.1 Å². The van der Waals surface area contributed by atoms with Gasteiger partial charge in [0.05, 0.1) is 12.7 Å². The van der Waals surface area contributed by atoms with Crippen LogP contribution in [0.5, 0.6) is 0 Å². The second-order valence-corrected chi connectivity index (χ2v) is 3.12. The van der Waals surface area contributed by atoms with Gasteiger partial charge in [-0.25, -0.2) is 9.59 Å². The van der Waals surface area contributed by atoms with E-state index in [9.17, 15) is 9.59 Å². The number of carbonyl (C=O) groups excluding carboxylic acids is 1. The first-order chi connectivity index (χ1) is 8.10. The quantitative estimate of drug-likeness (QED) is 0.641. The van der Waals surface area contributed by atoms with E-state index in [1.54, 1.807) is 18.2 Å². The Balaban J connectivity index is 3.14. The van der Waals surface area contributed by atoms with Crippen molar-refractivity contribution in [2.45, 2.75) is 6.10 Å². The molecule has 5 nitrogen and oxygen atoms in total. The lowest BCUT2D eigenvalue weighted by Crippen LogP contribution is -2.12. The van der Waals surface area contributed by atoms with E-state index in [0.717, 1.165) is 0 Å². The minimum atomic E-state index is -1.44. The maximum atomic E-state index is 11.5.